The number of carbonyl (C=O) groups is 1. The van der Waals surface area contributed by atoms with Gasteiger partial charge in [-0.25, -0.2) is 4.98 Å². The molecule has 2 rings (SSSR count). The lowest BCUT2D eigenvalue weighted by Gasteiger charge is -2.29. The second-order valence-corrected chi connectivity index (χ2v) is 4.76. The third-order valence-corrected chi connectivity index (χ3v) is 3.09. The normalized spacial score (nSPS) is 19.3. The van der Waals surface area contributed by atoms with E-state index in [0.29, 0.717) is 24.6 Å². The van der Waals surface area contributed by atoms with Crippen molar-refractivity contribution in [2.24, 2.45) is 0 Å². The van der Waals surface area contributed by atoms with Crippen LogP contribution in [-0.2, 0) is 0 Å². The van der Waals surface area contributed by atoms with Crippen molar-refractivity contribution in [3.8, 4) is 0 Å². The second-order valence-electron chi connectivity index (χ2n) is 4.76. The number of β-amino-alcohol motifs (C(OH)–C–C–N with tert-alkyl or cyclic N) is 1. The van der Waals surface area contributed by atoms with Gasteiger partial charge >= 0.3 is 0 Å². The molecule has 0 saturated carbocycles. The van der Waals surface area contributed by atoms with Gasteiger partial charge in [0.05, 0.1) is 18.5 Å². The van der Waals surface area contributed by atoms with Crippen molar-refractivity contribution in [2.45, 2.75) is 32.3 Å². The van der Waals surface area contributed by atoms with Crippen molar-refractivity contribution in [2.75, 3.05) is 25.0 Å². The Bertz CT molecular complexity index is 438. The maximum absolute atomic E-state index is 12.3. The van der Waals surface area contributed by atoms with Crippen LogP contribution < -0.4 is 5.32 Å². The largest absolute Gasteiger partial charge is 0.391 e. The molecule has 6 nitrogen and oxygen atoms in total. The zero-order valence-electron chi connectivity index (χ0n) is 11.2. The third-order valence-electron chi connectivity index (χ3n) is 3.09. The van der Waals surface area contributed by atoms with Crippen molar-refractivity contribution in [1.82, 2.24) is 14.9 Å². The monoisotopic (exact) mass is 264 g/mol. The van der Waals surface area contributed by atoms with Crippen LogP contribution in [0.2, 0.25) is 0 Å². The van der Waals surface area contributed by atoms with Crippen LogP contribution in [0.25, 0.3) is 0 Å². The predicted molar refractivity (Wildman–Crippen MR) is 72.0 cm³/mol. The van der Waals surface area contributed by atoms with Crippen LogP contribution in [0, 0.1) is 0 Å². The lowest BCUT2D eigenvalue weighted by Crippen LogP contribution is -2.42. The molecule has 0 spiro atoms. The van der Waals surface area contributed by atoms with Gasteiger partial charge in [0, 0.05) is 19.6 Å². The quantitative estimate of drug-likeness (QED) is 0.844. The Morgan fingerprint density at radius 1 is 1.58 bits per heavy atom. The average Bonchev–Trinajstić information content (AvgIpc) is 2.44. The molecule has 1 aromatic heterocycles. The molecule has 19 heavy (non-hydrogen) atoms. The highest BCUT2D eigenvalue weighted by atomic mass is 16.3. The predicted octanol–water partition coefficient (Wildman–Crippen LogP) is 0.895. The van der Waals surface area contributed by atoms with Crippen LogP contribution in [0.15, 0.2) is 12.4 Å². The molecule has 2 N–H and O–H groups in total. The molecule has 1 atom stereocenters. The lowest BCUT2D eigenvalue weighted by molar-refractivity contribution is 0.0468. The number of nitrogens with one attached hydrogen (secondary N) is 1. The van der Waals surface area contributed by atoms with E-state index in [-0.39, 0.29) is 5.91 Å². The molecule has 1 unspecified atom stereocenters. The molecule has 2 heterocycles. The first-order valence-electron chi connectivity index (χ1n) is 6.74. The van der Waals surface area contributed by atoms with Gasteiger partial charge in [-0.05, 0) is 19.3 Å². The van der Waals surface area contributed by atoms with E-state index >= 15 is 0 Å². The number of hydrogen-bond acceptors (Lipinski definition) is 5. The highest BCUT2D eigenvalue weighted by Crippen LogP contribution is 2.13. The van der Waals surface area contributed by atoms with E-state index in [0.717, 1.165) is 25.8 Å². The van der Waals surface area contributed by atoms with Crippen molar-refractivity contribution in [1.29, 1.82) is 0 Å². The summed E-state index contributed by atoms with van der Waals surface area (Å²) in [5, 5.41) is 12.7. The van der Waals surface area contributed by atoms with E-state index in [1.165, 1.54) is 6.20 Å². The number of piperidine rings is 1. The molecule has 0 bridgehead atoms. The van der Waals surface area contributed by atoms with Gasteiger partial charge in [-0.15, -0.1) is 0 Å². The zero-order valence-corrected chi connectivity index (χ0v) is 11.2. The number of aromatic nitrogens is 2. The maximum Gasteiger partial charge on any atom is 0.274 e. The SMILES string of the molecule is CCCNc1cncc(C(=O)N2CCCC(O)C2)n1. The summed E-state index contributed by atoms with van der Waals surface area (Å²) in [7, 11) is 0. The number of anilines is 1. The minimum absolute atomic E-state index is 0.161. The summed E-state index contributed by atoms with van der Waals surface area (Å²) in [6.07, 6.45) is 5.23. The van der Waals surface area contributed by atoms with Gasteiger partial charge in [-0.3, -0.25) is 9.78 Å². The number of likely N-dealkylation sites (tertiary alicyclic amines) is 1. The number of rotatable bonds is 4. The molecule has 6 heteroatoms. The van der Waals surface area contributed by atoms with Crippen molar-refractivity contribution in [3.63, 3.8) is 0 Å². The summed E-state index contributed by atoms with van der Waals surface area (Å²) in [6, 6.07) is 0. The minimum Gasteiger partial charge on any atom is -0.391 e. The van der Waals surface area contributed by atoms with Gasteiger partial charge in [0.15, 0.2) is 0 Å². The summed E-state index contributed by atoms with van der Waals surface area (Å²) < 4.78 is 0. The number of amides is 1. The van der Waals surface area contributed by atoms with E-state index in [2.05, 4.69) is 22.2 Å². The first-order valence-corrected chi connectivity index (χ1v) is 6.74. The fraction of sp³-hybridized carbons (Fsp3) is 0.615. The van der Waals surface area contributed by atoms with Crippen LogP contribution in [-0.4, -0.2) is 51.6 Å². The number of aliphatic hydroxyl groups excluding tert-OH is 1. The van der Waals surface area contributed by atoms with Gasteiger partial charge in [0.25, 0.3) is 5.91 Å². The standard InChI is InChI=1S/C13H20N4O2/c1-2-5-15-12-8-14-7-11(16-12)13(19)17-6-3-4-10(18)9-17/h7-8,10,18H,2-6,9H2,1H3,(H,15,16). The summed E-state index contributed by atoms with van der Waals surface area (Å²) in [5.74, 6) is 0.455. The summed E-state index contributed by atoms with van der Waals surface area (Å²) in [6.45, 7) is 3.91. The Kier molecular flexibility index (Phi) is 4.68. The average molecular weight is 264 g/mol. The highest BCUT2D eigenvalue weighted by Gasteiger charge is 2.24. The first kappa shape index (κ1) is 13.7. The summed E-state index contributed by atoms with van der Waals surface area (Å²) in [5.41, 5.74) is 0.329. The smallest absolute Gasteiger partial charge is 0.274 e. The van der Waals surface area contributed by atoms with Gasteiger partial charge in [0.1, 0.15) is 11.5 Å². The molecule has 1 aliphatic heterocycles. The summed E-state index contributed by atoms with van der Waals surface area (Å²) in [4.78, 5) is 22.2. The van der Waals surface area contributed by atoms with Crippen molar-refractivity contribution < 1.29 is 9.90 Å². The van der Waals surface area contributed by atoms with Crippen LogP contribution in [0.4, 0.5) is 5.82 Å². The Morgan fingerprint density at radius 2 is 2.42 bits per heavy atom. The molecule has 104 valence electrons. The van der Waals surface area contributed by atoms with E-state index in [1.807, 2.05) is 0 Å². The molecular formula is C13H20N4O2. The molecule has 1 aliphatic rings. The zero-order chi connectivity index (χ0) is 13.7. The molecule has 1 fully saturated rings. The molecule has 0 aromatic carbocycles. The van der Waals surface area contributed by atoms with Crippen LogP contribution in [0.1, 0.15) is 36.7 Å². The van der Waals surface area contributed by atoms with Gasteiger partial charge in [-0.1, -0.05) is 6.92 Å². The number of carbonyl (C=O) groups excluding carboxylic acids is 1. The van der Waals surface area contributed by atoms with E-state index in [4.69, 9.17) is 0 Å². The fourth-order valence-corrected chi connectivity index (χ4v) is 2.11. The van der Waals surface area contributed by atoms with Gasteiger partial charge in [0.2, 0.25) is 0 Å². The van der Waals surface area contributed by atoms with Crippen LogP contribution in [0.3, 0.4) is 0 Å². The fourth-order valence-electron chi connectivity index (χ4n) is 2.11. The Morgan fingerprint density at radius 3 is 3.16 bits per heavy atom. The van der Waals surface area contributed by atoms with E-state index < -0.39 is 6.10 Å². The molecular weight excluding hydrogens is 244 g/mol. The Labute approximate surface area is 112 Å². The number of aliphatic hydroxyl groups is 1. The van der Waals surface area contributed by atoms with Crippen molar-refractivity contribution >= 4 is 11.7 Å². The summed E-state index contributed by atoms with van der Waals surface area (Å²) >= 11 is 0. The van der Waals surface area contributed by atoms with E-state index in [1.54, 1.807) is 11.1 Å². The molecule has 0 aliphatic carbocycles. The van der Waals surface area contributed by atoms with Crippen LogP contribution >= 0.6 is 0 Å². The Hall–Kier alpha value is -1.69. The molecule has 1 amide bonds. The minimum atomic E-state index is -0.424. The first-order chi connectivity index (χ1) is 9.20. The second kappa shape index (κ2) is 6.47. The highest BCUT2D eigenvalue weighted by molar-refractivity contribution is 5.92. The maximum atomic E-state index is 12.3. The van der Waals surface area contributed by atoms with Gasteiger partial charge < -0.3 is 15.3 Å². The van der Waals surface area contributed by atoms with Gasteiger partial charge in [-0.2, -0.15) is 0 Å². The number of nitrogens with zero attached hydrogens (tertiary/aromatic N) is 3. The van der Waals surface area contributed by atoms with Crippen molar-refractivity contribution in [3.05, 3.63) is 18.1 Å². The Balaban J connectivity index is 2.05. The molecule has 1 saturated heterocycles. The third kappa shape index (κ3) is 3.64. The lowest BCUT2D eigenvalue weighted by atomic mass is 10.1. The van der Waals surface area contributed by atoms with E-state index in [9.17, 15) is 9.90 Å². The number of hydrogen-bond donors (Lipinski definition) is 2. The molecule has 0 radical (unpaired) electrons. The van der Waals surface area contributed by atoms with Crippen LogP contribution in [0.5, 0.6) is 0 Å². The topological polar surface area (TPSA) is 78.4 Å². The molecule has 1 aromatic rings.